The quantitative estimate of drug-likeness (QED) is 0.824. The summed E-state index contributed by atoms with van der Waals surface area (Å²) in [6, 6.07) is 6.59. The molecule has 1 atom stereocenters. The van der Waals surface area contributed by atoms with Crippen LogP contribution < -0.4 is 10.0 Å². The molecule has 0 aromatic heterocycles. The molecular weight excluding hydrogens is 264 g/mol. The summed E-state index contributed by atoms with van der Waals surface area (Å²) >= 11 is 0. The van der Waals surface area contributed by atoms with Crippen LogP contribution in [0.2, 0.25) is 0 Å². The van der Waals surface area contributed by atoms with Crippen molar-refractivity contribution < 1.29 is 13.2 Å². The van der Waals surface area contributed by atoms with Gasteiger partial charge in [-0.1, -0.05) is 19.1 Å². The molecule has 6 heteroatoms. The van der Waals surface area contributed by atoms with E-state index in [1.807, 2.05) is 26.8 Å². The highest BCUT2D eigenvalue weighted by Gasteiger charge is 2.15. The van der Waals surface area contributed by atoms with E-state index in [1.54, 1.807) is 12.1 Å². The lowest BCUT2D eigenvalue weighted by Gasteiger charge is -2.12. The number of hydrogen-bond acceptors (Lipinski definition) is 3. The number of amides is 1. The molecule has 1 unspecified atom stereocenters. The number of carbonyl (C=O) groups is 1. The maximum absolute atomic E-state index is 12.0. The maximum atomic E-state index is 12.0. The molecule has 0 aliphatic rings. The summed E-state index contributed by atoms with van der Waals surface area (Å²) in [4.78, 5) is 11.7. The topological polar surface area (TPSA) is 75.3 Å². The van der Waals surface area contributed by atoms with Crippen molar-refractivity contribution in [1.29, 1.82) is 0 Å². The molecule has 0 heterocycles. The maximum Gasteiger partial charge on any atom is 0.241 e. The van der Waals surface area contributed by atoms with Crippen molar-refractivity contribution in [3.8, 4) is 0 Å². The Hall–Kier alpha value is -1.40. The Morgan fingerprint density at radius 1 is 1.37 bits per heavy atom. The third-order valence-electron chi connectivity index (χ3n) is 2.74. The molecule has 1 aromatic carbocycles. The molecule has 106 valence electrons. The minimum Gasteiger partial charge on any atom is -0.353 e. The fourth-order valence-corrected chi connectivity index (χ4v) is 2.54. The van der Waals surface area contributed by atoms with Crippen LogP contribution in [0.4, 0.5) is 0 Å². The lowest BCUT2D eigenvalue weighted by Crippen LogP contribution is -2.40. The number of hydrogen-bond donors (Lipinski definition) is 2. The van der Waals surface area contributed by atoms with Gasteiger partial charge in [0.1, 0.15) is 0 Å². The molecule has 19 heavy (non-hydrogen) atoms. The molecule has 0 spiro atoms. The predicted octanol–water partition coefficient (Wildman–Crippen LogP) is 1.19. The van der Waals surface area contributed by atoms with Crippen molar-refractivity contribution in [2.45, 2.75) is 38.1 Å². The summed E-state index contributed by atoms with van der Waals surface area (Å²) in [5, 5.41) is 2.70. The Kier molecular flexibility index (Phi) is 5.50. The van der Waals surface area contributed by atoms with E-state index in [9.17, 15) is 13.2 Å². The number of aryl methyl sites for hydroxylation is 1. The van der Waals surface area contributed by atoms with Gasteiger partial charge in [0.25, 0.3) is 0 Å². The lowest BCUT2D eigenvalue weighted by molar-refractivity contribution is -0.120. The fraction of sp³-hybridized carbons (Fsp3) is 0.462. The Labute approximate surface area is 114 Å². The Bertz CT molecular complexity index is 541. The van der Waals surface area contributed by atoms with Crippen molar-refractivity contribution in [3.63, 3.8) is 0 Å². The third kappa shape index (κ3) is 5.00. The number of nitrogens with one attached hydrogen (secondary N) is 2. The van der Waals surface area contributed by atoms with Crippen LogP contribution in [0.25, 0.3) is 0 Å². The van der Waals surface area contributed by atoms with Gasteiger partial charge in [0.15, 0.2) is 0 Å². The molecular formula is C13H20N2O3S. The number of carbonyl (C=O) groups excluding carboxylic acids is 1. The normalized spacial score (nSPS) is 13.0. The van der Waals surface area contributed by atoms with Crippen molar-refractivity contribution in [3.05, 3.63) is 29.8 Å². The first-order chi connectivity index (χ1) is 8.85. The summed E-state index contributed by atoms with van der Waals surface area (Å²) < 4.78 is 26.2. The summed E-state index contributed by atoms with van der Waals surface area (Å²) in [5.41, 5.74) is 0.854. The minimum atomic E-state index is -3.63. The third-order valence-corrected chi connectivity index (χ3v) is 4.14. The van der Waals surface area contributed by atoms with Crippen LogP contribution in [-0.4, -0.2) is 26.9 Å². The zero-order chi connectivity index (χ0) is 14.5. The molecule has 1 rings (SSSR count). The van der Waals surface area contributed by atoms with Gasteiger partial charge in [-0.3, -0.25) is 4.79 Å². The van der Waals surface area contributed by atoms with Gasteiger partial charge in [-0.25, -0.2) is 13.1 Å². The predicted molar refractivity (Wildman–Crippen MR) is 74.3 cm³/mol. The zero-order valence-corrected chi connectivity index (χ0v) is 12.3. The summed E-state index contributed by atoms with van der Waals surface area (Å²) in [7, 11) is -3.63. The van der Waals surface area contributed by atoms with E-state index in [2.05, 4.69) is 10.0 Å². The molecule has 0 saturated heterocycles. The number of sulfonamides is 1. The highest BCUT2D eigenvalue weighted by Crippen LogP contribution is 2.10. The smallest absolute Gasteiger partial charge is 0.241 e. The van der Waals surface area contributed by atoms with Crippen LogP contribution in [0.1, 0.15) is 25.8 Å². The highest BCUT2D eigenvalue weighted by molar-refractivity contribution is 7.89. The van der Waals surface area contributed by atoms with E-state index in [4.69, 9.17) is 0 Å². The van der Waals surface area contributed by atoms with Gasteiger partial charge in [0, 0.05) is 6.04 Å². The molecule has 0 fully saturated rings. The second-order valence-corrected chi connectivity index (χ2v) is 6.28. The molecule has 0 saturated carbocycles. The van der Waals surface area contributed by atoms with Gasteiger partial charge in [-0.2, -0.15) is 0 Å². The molecule has 1 aromatic rings. The molecule has 1 amide bonds. The Morgan fingerprint density at radius 2 is 2.05 bits per heavy atom. The van der Waals surface area contributed by atoms with Gasteiger partial charge in [-0.15, -0.1) is 0 Å². The van der Waals surface area contributed by atoms with Crippen molar-refractivity contribution in [2.75, 3.05) is 6.54 Å². The molecule has 5 nitrogen and oxygen atoms in total. The van der Waals surface area contributed by atoms with Crippen LogP contribution >= 0.6 is 0 Å². The molecule has 2 N–H and O–H groups in total. The Balaban J connectivity index is 2.64. The van der Waals surface area contributed by atoms with Crippen LogP contribution in [-0.2, 0) is 14.8 Å². The van der Waals surface area contributed by atoms with Gasteiger partial charge in [-0.05, 0) is 38.0 Å². The average molecular weight is 284 g/mol. The van der Waals surface area contributed by atoms with Gasteiger partial charge < -0.3 is 5.32 Å². The van der Waals surface area contributed by atoms with E-state index in [1.165, 1.54) is 6.07 Å². The SMILES string of the molecule is CCC(C)NC(=O)CNS(=O)(=O)c1cccc(C)c1. The van der Waals surface area contributed by atoms with Crippen molar-refractivity contribution >= 4 is 15.9 Å². The van der Waals surface area contributed by atoms with Crippen LogP contribution in [0.3, 0.4) is 0 Å². The van der Waals surface area contributed by atoms with E-state index in [0.29, 0.717) is 0 Å². The van der Waals surface area contributed by atoms with E-state index >= 15 is 0 Å². The first kappa shape index (κ1) is 15.7. The molecule has 0 radical (unpaired) electrons. The van der Waals surface area contributed by atoms with Gasteiger partial charge >= 0.3 is 0 Å². The van der Waals surface area contributed by atoms with Crippen molar-refractivity contribution in [2.24, 2.45) is 0 Å². The zero-order valence-electron chi connectivity index (χ0n) is 11.4. The lowest BCUT2D eigenvalue weighted by atomic mass is 10.2. The van der Waals surface area contributed by atoms with Crippen LogP contribution in [0.5, 0.6) is 0 Å². The van der Waals surface area contributed by atoms with Crippen LogP contribution in [0.15, 0.2) is 29.2 Å². The average Bonchev–Trinajstić information content (AvgIpc) is 2.36. The summed E-state index contributed by atoms with van der Waals surface area (Å²) in [6.07, 6.45) is 0.802. The number of benzene rings is 1. The molecule has 0 aliphatic heterocycles. The second-order valence-electron chi connectivity index (χ2n) is 4.52. The van der Waals surface area contributed by atoms with Gasteiger partial charge in [0.05, 0.1) is 11.4 Å². The standard InChI is InChI=1S/C13H20N2O3S/c1-4-11(3)15-13(16)9-14-19(17,18)12-7-5-6-10(2)8-12/h5-8,11,14H,4,9H2,1-3H3,(H,15,16). The van der Waals surface area contributed by atoms with Crippen LogP contribution in [0, 0.1) is 6.92 Å². The molecule has 0 bridgehead atoms. The summed E-state index contributed by atoms with van der Waals surface area (Å²) in [6.45, 7) is 5.38. The van der Waals surface area contributed by atoms with E-state index in [0.717, 1.165) is 12.0 Å². The Morgan fingerprint density at radius 3 is 2.63 bits per heavy atom. The number of rotatable bonds is 6. The first-order valence-electron chi connectivity index (χ1n) is 6.21. The largest absolute Gasteiger partial charge is 0.353 e. The van der Waals surface area contributed by atoms with Crippen molar-refractivity contribution in [1.82, 2.24) is 10.0 Å². The van der Waals surface area contributed by atoms with E-state index in [-0.39, 0.29) is 23.4 Å². The molecule has 0 aliphatic carbocycles. The fourth-order valence-electron chi connectivity index (χ4n) is 1.45. The highest BCUT2D eigenvalue weighted by atomic mass is 32.2. The monoisotopic (exact) mass is 284 g/mol. The van der Waals surface area contributed by atoms with Gasteiger partial charge in [0.2, 0.25) is 15.9 Å². The summed E-state index contributed by atoms with van der Waals surface area (Å²) in [5.74, 6) is -0.328. The first-order valence-corrected chi connectivity index (χ1v) is 7.69. The second kappa shape index (κ2) is 6.68. The minimum absolute atomic E-state index is 0.0379. The van der Waals surface area contributed by atoms with E-state index < -0.39 is 10.0 Å².